The SMILES string of the molecule is O=C(O)CS[As](SCC(=O)O)c1ccc(O)c(NCS(=O)O)c1. The summed E-state index contributed by atoms with van der Waals surface area (Å²) in [6.45, 7) is 0. The van der Waals surface area contributed by atoms with Crippen LogP contribution in [-0.2, 0) is 20.7 Å². The number of hydrogen-bond donors (Lipinski definition) is 5. The van der Waals surface area contributed by atoms with Crippen LogP contribution >= 0.6 is 20.0 Å². The molecule has 1 rings (SSSR count). The number of rotatable bonds is 10. The molecule has 1 aromatic carbocycles. The molecule has 0 fully saturated rings. The van der Waals surface area contributed by atoms with Crippen molar-refractivity contribution in [3.63, 3.8) is 0 Å². The fourth-order valence-corrected chi connectivity index (χ4v) is 12.5. The molecule has 0 saturated heterocycles. The van der Waals surface area contributed by atoms with E-state index in [1.165, 1.54) is 26.1 Å². The first-order valence-electron chi connectivity index (χ1n) is 5.93. The third-order valence-electron chi connectivity index (χ3n) is 2.19. The number of benzene rings is 1. The summed E-state index contributed by atoms with van der Waals surface area (Å²) >= 11 is -4.18. The number of carboxylic acids is 2. The molecular weight excluding hydrogens is 429 g/mol. The van der Waals surface area contributed by atoms with Crippen LogP contribution in [0.3, 0.4) is 0 Å². The Labute approximate surface area is 145 Å². The molecule has 0 bridgehead atoms. The van der Waals surface area contributed by atoms with Crippen molar-refractivity contribution in [1.29, 1.82) is 0 Å². The van der Waals surface area contributed by atoms with Crippen LogP contribution in [0.4, 0.5) is 5.69 Å². The second kappa shape index (κ2) is 10.1. The van der Waals surface area contributed by atoms with Crippen LogP contribution < -0.4 is 9.67 Å². The van der Waals surface area contributed by atoms with Gasteiger partial charge in [0.25, 0.3) is 0 Å². The zero-order chi connectivity index (χ0) is 17.4. The van der Waals surface area contributed by atoms with Gasteiger partial charge >= 0.3 is 146 Å². The van der Waals surface area contributed by atoms with Crippen LogP contribution in [0, 0.1) is 0 Å². The summed E-state index contributed by atoms with van der Waals surface area (Å²) in [6, 6.07) is 4.56. The maximum atomic E-state index is 10.7. The van der Waals surface area contributed by atoms with Crippen molar-refractivity contribution in [2.45, 2.75) is 0 Å². The Kier molecular flexibility index (Phi) is 8.85. The molecule has 0 saturated carbocycles. The molecule has 5 N–H and O–H groups in total. The van der Waals surface area contributed by atoms with Gasteiger partial charge in [-0.15, -0.1) is 0 Å². The molecule has 0 aliphatic rings. The van der Waals surface area contributed by atoms with Gasteiger partial charge in [0.2, 0.25) is 0 Å². The van der Waals surface area contributed by atoms with E-state index in [1.807, 2.05) is 0 Å². The first-order valence-corrected chi connectivity index (χ1v) is 14.6. The van der Waals surface area contributed by atoms with Gasteiger partial charge in [0.1, 0.15) is 0 Å². The minimum atomic E-state index is -2.10. The normalized spacial score (nSPS) is 12.1. The molecule has 0 aromatic heterocycles. The number of aromatic hydroxyl groups is 1. The van der Waals surface area contributed by atoms with Crippen molar-refractivity contribution in [1.82, 2.24) is 0 Å². The number of nitrogens with one attached hydrogen (secondary N) is 1. The van der Waals surface area contributed by atoms with Crippen molar-refractivity contribution in [3.05, 3.63) is 18.2 Å². The summed E-state index contributed by atoms with van der Waals surface area (Å²) in [5.74, 6) is -2.64. The molecule has 1 aromatic rings. The minimum absolute atomic E-state index is 0.111. The average molecular weight is 443 g/mol. The maximum absolute atomic E-state index is 10.7. The number of phenolic OH excluding ortho intramolecular Hbond substituents is 1. The van der Waals surface area contributed by atoms with E-state index in [0.717, 1.165) is 4.35 Å². The number of phenols is 1. The molecule has 1 atom stereocenters. The summed E-state index contributed by atoms with van der Waals surface area (Å²) in [5.41, 5.74) is 0.246. The van der Waals surface area contributed by atoms with Crippen molar-refractivity contribution in [2.24, 2.45) is 0 Å². The van der Waals surface area contributed by atoms with Crippen LogP contribution in [0.2, 0.25) is 0 Å². The Morgan fingerprint density at radius 2 is 1.74 bits per heavy atom. The molecule has 128 valence electrons. The Balaban J connectivity index is 2.93. The summed E-state index contributed by atoms with van der Waals surface area (Å²) in [4.78, 5) is 21.5. The number of aliphatic carboxylic acids is 2. The summed E-state index contributed by atoms with van der Waals surface area (Å²) < 4.78 is 20.2. The fraction of sp³-hybridized carbons (Fsp3) is 0.273. The van der Waals surface area contributed by atoms with Crippen molar-refractivity contribution in [2.75, 3.05) is 22.7 Å². The molecular formula is C11H14AsNO7S3. The standard InChI is InChI=1S/C11H14AsNO7S3/c14-9-2-1-7(3-8(9)13-6-23(19)20)12(21-4-10(15)16)22-5-11(17)18/h1-3,13-14H,4-6H2,(H,15,16)(H,17,18)(H,19,20). The third-order valence-corrected chi connectivity index (χ3v) is 15.3. The van der Waals surface area contributed by atoms with E-state index in [4.69, 9.17) is 14.8 Å². The average Bonchev–Trinajstić information content (AvgIpc) is 2.46. The fourth-order valence-electron chi connectivity index (χ4n) is 1.33. The number of carbonyl (C=O) groups is 2. The molecule has 8 nitrogen and oxygen atoms in total. The van der Waals surface area contributed by atoms with E-state index in [1.54, 1.807) is 12.1 Å². The van der Waals surface area contributed by atoms with Crippen LogP contribution in [0.1, 0.15) is 0 Å². The van der Waals surface area contributed by atoms with Crippen molar-refractivity contribution in [3.8, 4) is 5.75 Å². The van der Waals surface area contributed by atoms with Crippen LogP contribution in [-0.4, -0.2) is 65.7 Å². The van der Waals surface area contributed by atoms with Gasteiger partial charge in [0.05, 0.1) is 0 Å². The first-order chi connectivity index (χ1) is 10.8. The zero-order valence-electron chi connectivity index (χ0n) is 11.5. The molecule has 0 aliphatic heterocycles. The Hall–Kier alpha value is -0.872. The molecule has 12 heteroatoms. The molecule has 23 heavy (non-hydrogen) atoms. The third kappa shape index (κ3) is 7.98. The van der Waals surface area contributed by atoms with Gasteiger partial charge in [-0.2, -0.15) is 0 Å². The number of hydrogen-bond acceptors (Lipinski definition) is 7. The molecule has 0 heterocycles. The molecule has 0 radical (unpaired) electrons. The van der Waals surface area contributed by atoms with Crippen molar-refractivity contribution >= 4 is 65.4 Å². The van der Waals surface area contributed by atoms with Crippen LogP contribution in [0.25, 0.3) is 0 Å². The number of carboxylic acid groups (broad SMARTS) is 2. The summed E-state index contributed by atoms with van der Waals surface area (Å²) in [6.07, 6.45) is 0. The van der Waals surface area contributed by atoms with Gasteiger partial charge in [-0.25, -0.2) is 0 Å². The van der Waals surface area contributed by atoms with E-state index >= 15 is 0 Å². The van der Waals surface area contributed by atoms with E-state index in [-0.39, 0.29) is 28.8 Å². The molecule has 0 amide bonds. The second-order valence-corrected chi connectivity index (χ2v) is 16.4. The van der Waals surface area contributed by atoms with Crippen molar-refractivity contribution < 1.29 is 33.7 Å². The predicted molar refractivity (Wildman–Crippen MR) is 92.9 cm³/mol. The van der Waals surface area contributed by atoms with E-state index in [9.17, 15) is 18.9 Å². The van der Waals surface area contributed by atoms with E-state index in [2.05, 4.69) is 5.32 Å². The molecule has 0 aliphatic carbocycles. The summed E-state index contributed by atoms with van der Waals surface area (Å²) in [7, 11) is 2.38. The second-order valence-electron chi connectivity index (χ2n) is 3.94. The molecule has 1 unspecified atom stereocenters. The van der Waals surface area contributed by atoms with Gasteiger partial charge in [0.15, 0.2) is 0 Å². The first kappa shape index (κ1) is 20.2. The van der Waals surface area contributed by atoms with Crippen LogP contribution in [0.5, 0.6) is 5.75 Å². The van der Waals surface area contributed by atoms with Crippen LogP contribution in [0.15, 0.2) is 18.2 Å². The zero-order valence-corrected chi connectivity index (χ0v) is 15.9. The van der Waals surface area contributed by atoms with Gasteiger partial charge in [-0.3, -0.25) is 0 Å². The van der Waals surface area contributed by atoms with E-state index in [0.29, 0.717) is 0 Å². The Bertz CT molecular complexity index is 583. The summed E-state index contributed by atoms with van der Waals surface area (Å²) in [5, 5.41) is 29.9. The van der Waals surface area contributed by atoms with Gasteiger partial charge < -0.3 is 0 Å². The topological polar surface area (TPSA) is 144 Å². The van der Waals surface area contributed by atoms with Gasteiger partial charge in [0, 0.05) is 0 Å². The number of anilines is 1. The predicted octanol–water partition coefficient (Wildman–Crippen LogP) is 0.314. The van der Waals surface area contributed by atoms with Gasteiger partial charge in [-0.05, 0) is 0 Å². The Morgan fingerprint density at radius 1 is 1.17 bits per heavy atom. The van der Waals surface area contributed by atoms with E-state index < -0.39 is 35.4 Å². The molecule has 0 spiro atoms. The monoisotopic (exact) mass is 443 g/mol. The van der Waals surface area contributed by atoms with Gasteiger partial charge in [-0.1, -0.05) is 0 Å². The Morgan fingerprint density at radius 3 is 2.22 bits per heavy atom. The quantitative estimate of drug-likeness (QED) is 0.195.